The van der Waals surface area contributed by atoms with Crippen molar-refractivity contribution in [2.45, 2.75) is 0 Å². The van der Waals surface area contributed by atoms with Gasteiger partial charge in [-0.15, -0.1) is 0 Å². The van der Waals surface area contributed by atoms with Gasteiger partial charge < -0.3 is 20.1 Å². The molecule has 14 heavy (non-hydrogen) atoms. The van der Waals surface area contributed by atoms with Crippen LogP contribution in [0.3, 0.4) is 0 Å². The van der Waals surface area contributed by atoms with Crippen LogP contribution in [0.25, 0.3) is 0 Å². The van der Waals surface area contributed by atoms with E-state index in [0.29, 0.717) is 0 Å². The van der Waals surface area contributed by atoms with Gasteiger partial charge in [0.25, 0.3) is 5.69 Å². The Labute approximate surface area is 79.6 Å². The zero-order chi connectivity index (χ0) is 10.9. The van der Waals surface area contributed by atoms with Crippen LogP contribution < -0.4 is 10.9 Å². The van der Waals surface area contributed by atoms with E-state index >= 15 is 0 Å². The maximum atomic E-state index is 10.4. The molecule has 0 aromatic heterocycles. The zero-order valence-corrected chi connectivity index (χ0v) is 7.91. The molecule has 1 aromatic rings. The van der Waals surface area contributed by atoms with Crippen LogP contribution in [-0.2, 0) is 0 Å². The Balaban J connectivity index is 3.27. The van der Waals surface area contributed by atoms with E-state index in [1.807, 2.05) is 0 Å². The highest BCUT2D eigenvalue weighted by atomic mass is 28.4. The minimum atomic E-state index is -4.49. The van der Waals surface area contributed by atoms with Gasteiger partial charge in [0.2, 0.25) is 0 Å². The fraction of sp³-hybridized carbons (Fsp3) is 0. The fourth-order valence-corrected chi connectivity index (χ4v) is 1.55. The molecule has 0 saturated heterocycles. The van der Waals surface area contributed by atoms with Gasteiger partial charge in [-0.2, -0.15) is 0 Å². The second kappa shape index (κ2) is 3.34. The lowest BCUT2D eigenvalue weighted by Crippen LogP contribution is -2.48. The molecule has 0 aliphatic carbocycles. The molecule has 0 radical (unpaired) electrons. The van der Waals surface area contributed by atoms with Crippen LogP contribution in [0.1, 0.15) is 0 Å². The van der Waals surface area contributed by atoms with Crippen LogP contribution in [0.4, 0.5) is 11.4 Å². The number of nitrogens with zero attached hydrogens (tertiary/aromatic N) is 1. The maximum Gasteiger partial charge on any atom is 0.529 e. The molecule has 0 fully saturated rings. The predicted octanol–water partition coefficient (Wildman–Crippen LogP) is -1.70. The summed E-state index contributed by atoms with van der Waals surface area (Å²) >= 11 is 0. The monoisotopic (exact) mass is 216 g/mol. The third-order valence-corrected chi connectivity index (χ3v) is 2.70. The second-order valence-electron chi connectivity index (χ2n) is 2.67. The molecule has 1 aromatic carbocycles. The molecule has 8 heteroatoms. The van der Waals surface area contributed by atoms with E-state index in [9.17, 15) is 10.1 Å². The molecule has 0 aliphatic rings. The Bertz CT molecular complexity index is 375. The Morgan fingerprint density at radius 2 is 1.93 bits per heavy atom. The number of nitrogens with two attached hydrogens (primary N) is 1. The number of nitro benzene ring substituents is 1. The molecule has 0 unspecified atom stereocenters. The standard InChI is InChI=1S/C6H8N2O5Si/c7-5-2-1-4(14(11,12)13)3-6(5)8(9)10/h1-3,11-13H,7H2. The van der Waals surface area contributed by atoms with Gasteiger partial charge in [0.15, 0.2) is 0 Å². The number of hydrogen-bond acceptors (Lipinski definition) is 6. The number of benzene rings is 1. The summed E-state index contributed by atoms with van der Waals surface area (Å²) in [5.74, 6) is 0. The quantitative estimate of drug-likeness (QED) is 0.202. The van der Waals surface area contributed by atoms with Crippen molar-refractivity contribution in [3.05, 3.63) is 28.3 Å². The highest BCUT2D eigenvalue weighted by Gasteiger charge is 2.32. The summed E-state index contributed by atoms with van der Waals surface area (Å²) in [5.41, 5.74) is 4.70. The van der Waals surface area contributed by atoms with Crippen molar-refractivity contribution in [3.8, 4) is 0 Å². The summed E-state index contributed by atoms with van der Waals surface area (Å²) in [4.78, 5) is 36.3. The lowest BCUT2D eigenvalue weighted by molar-refractivity contribution is -0.383. The van der Waals surface area contributed by atoms with E-state index in [0.717, 1.165) is 18.2 Å². The van der Waals surface area contributed by atoms with Crippen LogP contribution in [0.2, 0.25) is 0 Å². The SMILES string of the molecule is Nc1ccc([Si](O)(O)O)cc1[N+](=O)[O-]. The lowest BCUT2D eigenvalue weighted by Gasteiger charge is -2.09. The molecule has 5 N–H and O–H groups in total. The van der Waals surface area contributed by atoms with Gasteiger partial charge in [-0.05, 0) is 6.07 Å². The van der Waals surface area contributed by atoms with Crippen molar-refractivity contribution < 1.29 is 19.3 Å². The first kappa shape index (κ1) is 10.6. The second-order valence-corrected chi connectivity index (χ2v) is 4.51. The summed E-state index contributed by atoms with van der Waals surface area (Å²) in [5, 5.41) is 10.1. The molecule has 0 saturated carbocycles. The Morgan fingerprint density at radius 3 is 2.36 bits per heavy atom. The van der Waals surface area contributed by atoms with Crippen molar-refractivity contribution in [1.29, 1.82) is 0 Å². The summed E-state index contributed by atoms with van der Waals surface area (Å²) < 4.78 is 0. The molecule has 0 atom stereocenters. The third-order valence-electron chi connectivity index (χ3n) is 1.61. The van der Waals surface area contributed by atoms with Crippen LogP contribution in [0, 0.1) is 10.1 Å². The first-order chi connectivity index (χ1) is 6.32. The van der Waals surface area contributed by atoms with Crippen LogP contribution >= 0.6 is 0 Å². The van der Waals surface area contributed by atoms with E-state index in [1.54, 1.807) is 0 Å². The third kappa shape index (κ3) is 2.06. The minimum Gasteiger partial charge on any atom is -0.393 e. The summed E-state index contributed by atoms with van der Waals surface area (Å²) in [6.45, 7) is 0. The number of rotatable bonds is 2. The van der Waals surface area contributed by atoms with Gasteiger partial charge in [-0.3, -0.25) is 10.1 Å². The van der Waals surface area contributed by atoms with Crippen molar-refractivity contribution in [2.75, 3.05) is 5.73 Å². The highest BCUT2D eigenvalue weighted by molar-refractivity contribution is 6.71. The van der Waals surface area contributed by atoms with Gasteiger partial charge in [0.1, 0.15) is 5.69 Å². The van der Waals surface area contributed by atoms with Crippen LogP contribution in [-0.4, -0.2) is 28.1 Å². The van der Waals surface area contributed by atoms with E-state index < -0.39 is 19.4 Å². The number of nitro groups is 1. The topological polar surface area (TPSA) is 130 Å². The molecular weight excluding hydrogens is 208 g/mol. The van der Waals surface area contributed by atoms with Gasteiger partial charge in [-0.25, -0.2) is 0 Å². The molecule has 0 amide bonds. The summed E-state index contributed by atoms with van der Waals surface area (Å²) in [6, 6.07) is 3.12. The number of hydrogen-bond donors (Lipinski definition) is 4. The van der Waals surface area contributed by atoms with E-state index in [1.165, 1.54) is 0 Å². The molecular formula is C6H8N2O5Si. The van der Waals surface area contributed by atoms with Gasteiger partial charge in [0, 0.05) is 11.3 Å². The molecule has 1 rings (SSSR count). The fourth-order valence-electron chi connectivity index (χ4n) is 0.910. The van der Waals surface area contributed by atoms with E-state index in [4.69, 9.17) is 20.1 Å². The molecule has 0 spiro atoms. The van der Waals surface area contributed by atoms with Gasteiger partial charge in [0.05, 0.1) is 4.92 Å². The average molecular weight is 216 g/mol. The highest BCUT2D eigenvalue weighted by Crippen LogP contribution is 2.18. The largest absolute Gasteiger partial charge is 0.529 e. The summed E-state index contributed by atoms with van der Waals surface area (Å²) in [6.07, 6.45) is 0. The van der Waals surface area contributed by atoms with Crippen LogP contribution in [0.5, 0.6) is 0 Å². The van der Waals surface area contributed by atoms with Crippen LogP contribution in [0.15, 0.2) is 18.2 Å². The van der Waals surface area contributed by atoms with Crippen molar-refractivity contribution in [2.24, 2.45) is 0 Å². The van der Waals surface area contributed by atoms with Crippen molar-refractivity contribution in [3.63, 3.8) is 0 Å². The minimum absolute atomic E-state index is 0.1000. The Kier molecular flexibility index (Phi) is 2.53. The molecule has 0 aliphatic heterocycles. The predicted molar refractivity (Wildman–Crippen MR) is 49.6 cm³/mol. The van der Waals surface area contributed by atoms with Crippen molar-refractivity contribution in [1.82, 2.24) is 0 Å². The molecule has 0 bridgehead atoms. The Morgan fingerprint density at radius 1 is 1.36 bits per heavy atom. The lowest BCUT2D eigenvalue weighted by atomic mass is 10.3. The first-order valence-electron chi connectivity index (χ1n) is 3.54. The van der Waals surface area contributed by atoms with E-state index in [2.05, 4.69) is 0 Å². The number of nitrogen functional groups attached to an aromatic ring is 1. The zero-order valence-electron chi connectivity index (χ0n) is 6.91. The molecule has 7 nitrogen and oxygen atoms in total. The first-order valence-corrected chi connectivity index (χ1v) is 5.38. The van der Waals surface area contributed by atoms with E-state index in [-0.39, 0.29) is 10.9 Å². The number of anilines is 1. The smallest absolute Gasteiger partial charge is 0.393 e. The Hall–Kier alpha value is -1.48. The average Bonchev–Trinajstić information content (AvgIpc) is 2.02. The maximum absolute atomic E-state index is 10.4. The van der Waals surface area contributed by atoms with Gasteiger partial charge in [-0.1, -0.05) is 6.07 Å². The van der Waals surface area contributed by atoms with Gasteiger partial charge >= 0.3 is 8.80 Å². The molecule has 0 heterocycles. The molecule has 76 valence electrons. The van der Waals surface area contributed by atoms with Crippen molar-refractivity contribution >= 4 is 25.4 Å². The normalized spacial score (nSPS) is 11.4. The summed E-state index contributed by atoms with van der Waals surface area (Å²) in [7, 11) is -4.49.